The summed E-state index contributed by atoms with van der Waals surface area (Å²) in [7, 11) is 0. The monoisotopic (exact) mass is 410 g/mol. The molecule has 1 saturated heterocycles. The number of ether oxygens (including phenoxy) is 2. The second kappa shape index (κ2) is 13.0. The van der Waals surface area contributed by atoms with Gasteiger partial charge >= 0.3 is 0 Å². The van der Waals surface area contributed by atoms with E-state index in [1.54, 1.807) is 0 Å². The standard InChI is InChI=1S/C21H28N2O2.2ClH/c1-18-2-4-20(5-3-18)17-25-21-8-6-19(7-9-21)16-22-10-11-23-12-14-24-15-13-23;;/h2-9,22H,10-17H2,1H3;2*1H/p-2. The highest BCUT2D eigenvalue weighted by atomic mass is 35.5. The van der Waals surface area contributed by atoms with E-state index in [4.69, 9.17) is 9.47 Å². The molecule has 0 saturated carbocycles. The van der Waals surface area contributed by atoms with Gasteiger partial charge in [0.1, 0.15) is 12.4 Å². The van der Waals surface area contributed by atoms with Crippen LogP contribution in [-0.2, 0) is 17.9 Å². The van der Waals surface area contributed by atoms with Crippen molar-refractivity contribution in [3.05, 3.63) is 65.2 Å². The first-order valence-electron chi connectivity index (χ1n) is 9.08. The Bertz CT molecular complexity index is 630. The van der Waals surface area contributed by atoms with Crippen LogP contribution in [0.2, 0.25) is 0 Å². The molecule has 2 aromatic carbocycles. The number of hydrogen-bond donors (Lipinski definition) is 1. The molecule has 6 heteroatoms. The van der Waals surface area contributed by atoms with Crippen molar-refractivity contribution in [2.45, 2.75) is 20.1 Å². The van der Waals surface area contributed by atoms with Crippen molar-refractivity contribution in [1.29, 1.82) is 0 Å². The molecule has 1 fully saturated rings. The Labute approximate surface area is 175 Å². The molecule has 0 unspecified atom stereocenters. The van der Waals surface area contributed by atoms with Gasteiger partial charge in [0.15, 0.2) is 0 Å². The number of nitrogens with one attached hydrogen (secondary N) is 1. The summed E-state index contributed by atoms with van der Waals surface area (Å²) in [5, 5.41) is 3.51. The molecule has 0 bridgehead atoms. The summed E-state index contributed by atoms with van der Waals surface area (Å²) in [4.78, 5) is 2.44. The Kier molecular flexibility index (Phi) is 11.4. The highest BCUT2D eigenvalue weighted by Crippen LogP contribution is 2.14. The summed E-state index contributed by atoms with van der Waals surface area (Å²) < 4.78 is 11.2. The van der Waals surface area contributed by atoms with Gasteiger partial charge in [-0.15, -0.1) is 0 Å². The van der Waals surface area contributed by atoms with Crippen molar-refractivity contribution in [2.75, 3.05) is 39.4 Å². The molecule has 2 aromatic rings. The molecule has 27 heavy (non-hydrogen) atoms. The van der Waals surface area contributed by atoms with E-state index in [0.29, 0.717) is 6.61 Å². The third-order valence-electron chi connectivity index (χ3n) is 4.49. The maximum absolute atomic E-state index is 5.85. The van der Waals surface area contributed by atoms with Gasteiger partial charge in [0.05, 0.1) is 13.2 Å². The van der Waals surface area contributed by atoms with Crippen molar-refractivity contribution >= 4 is 0 Å². The van der Waals surface area contributed by atoms with Crippen molar-refractivity contribution in [1.82, 2.24) is 10.2 Å². The van der Waals surface area contributed by atoms with Gasteiger partial charge in [-0.3, -0.25) is 4.90 Å². The van der Waals surface area contributed by atoms with Crippen LogP contribution in [0, 0.1) is 6.92 Å². The predicted molar refractivity (Wildman–Crippen MR) is 101 cm³/mol. The van der Waals surface area contributed by atoms with Crippen LogP contribution in [0.15, 0.2) is 48.5 Å². The van der Waals surface area contributed by atoms with E-state index >= 15 is 0 Å². The lowest BCUT2D eigenvalue weighted by Crippen LogP contribution is -3.00. The quantitative estimate of drug-likeness (QED) is 0.470. The average Bonchev–Trinajstić information content (AvgIpc) is 2.67. The van der Waals surface area contributed by atoms with Crippen LogP contribution in [0.1, 0.15) is 16.7 Å². The largest absolute Gasteiger partial charge is 1.00 e. The molecule has 0 aromatic heterocycles. The van der Waals surface area contributed by atoms with Crippen molar-refractivity contribution in [3.63, 3.8) is 0 Å². The molecule has 1 aliphatic rings. The Hall–Kier alpha value is -1.30. The van der Waals surface area contributed by atoms with E-state index in [2.05, 4.69) is 53.5 Å². The van der Waals surface area contributed by atoms with Gasteiger partial charge in [-0.25, -0.2) is 0 Å². The van der Waals surface area contributed by atoms with Crippen LogP contribution < -0.4 is 34.9 Å². The van der Waals surface area contributed by atoms with Gasteiger partial charge in [-0.1, -0.05) is 42.0 Å². The minimum absolute atomic E-state index is 0. The molecule has 1 aliphatic heterocycles. The number of hydrogen-bond acceptors (Lipinski definition) is 4. The molecule has 0 radical (unpaired) electrons. The SMILES string of the molecule is Cc1ccc(COc2ccc(CNCCN3CCOCC3)cc2)cc1.[Cl-].[Cl-]. The van der Waals surface area contributed by atoms with E-state index in [0.717, 1.165) is 51.7 Å². The molecule has 150 valence electrons. The normalized spacial score (nSPS) is 14.1. The minimum atomic E-state index is 0. The van der Waals surface area contributed by atoms with Crippen LogP contribution in [0.5, 0.6) is 5.75 Å². The Morgan fingerprint density at radius 1 is 0.926 bits per heavy atom. The predicted octanol–water partition coefficient (Wildman–Crippen LogP) is -3.00. The second-order valence-electron chi connectivity index (χ2n) is 6.55. The van der Waals surface area contributed by atoms with Crippen molar-refractivity contribution in [3.8, 4) is 5.75 Å². The number of aryl methyl sites for hydroxylation is 1. The summed E-state index contributed by atoms with van der Waals surface area (Å²) in [5.74, 6) is 0.914. The van der Waals surface area contributed by atoms with E-state index in [1.165, 1.54) is 16.7 Å². The van der Waals surface area contributed by atoms with Gasteiger partial charge in [0.25, 0.3) is 0 Å². The molecule has 1 heterocycles. The molecule has 3 rings (SSSR count). The van der Waals surface area contributed by atoms with Crippen LogP contribution in [0.4, 0.5) is 0 Å². The van der Waals surface area contributed by atoms with Gasteiger partial charge in [0.2, 0.25) is 0 Å². The molecule has 0 atom stereocenters. The summed E-state index contributed by atoms with van der Waals surface area (Å²) in [5.41, 5.74) is 3.75. The Balaban J connectivity index is 0.00000182. The fourth-order valence-corrected chi connectivity index (χ4v) is 2.85. The maximum Gasteiger partial charge on any atom is 0.119 e. The van der Waals surface area contributed by atoms with Crippen molar-refractivity contribution in [2.24, 2.45) is 0 Å². The van der Waals surface area contributed by atoms with Gasteiger partial charge in [-0.05, 0) is 30.2 Å². The molecule has 1 N–H and O–H groups in total. The number of halogens is 2. The zero-order chi connectivity index (χ0) is 17.3. The molecule has 0 amide bonds. The van der Waals surface area contributed by atoms with Crippen LogP contribution in [0.25, 0.3) is 0 Å². The number of morpholine rings is 1. The first-order valence-corrected chi connectivity index (χ1v) is 9.08. The van der Waals surface area contributed by atoms with Crippen LogP contribution in [-0.4, -0.2) is 44.3 Å². The highest BCUT2D eigenvalue weighted by Gasteiger charge is 2.08. The summed E-state index contributed by atoms with van der Waals surface area (Å²) >= 11 is 0. The van der Waals surface area contributed by atoms with Gasteiger partial charge in [-0.2, -0.15) is 0 Å². The fourth-order valence-electron chi connectivity index (χ4n) is 2.85. The number of rotatable bonds is 8. The third kappa shape index (κ3) is 8.50. The summed E-state index contributed by atoms with van der Waals surface area (Å²) in [6.07, 6.45) is 0. The molecule has 0 spiro atoms. The molecule has 0 aliphatic carbocycles. The zero-order valence-corrected chi connectivity index (χ0v) is 17.3. The Morgan fingerprint density at radius 2 is 1.56 bits per heavy atom. The topological polar surface area (TPSA) is 33.7 Å². The summed E-state index contributed by atoms with van der Waals surface area (Å²) in [6, 6.07) is 16.8. The lowest BCUT2D eigenvalue weighted by molar-refractivity contribution is -0.00100. The van der Waals surface area contributed by atoms with E-state index in [-0.39, 0.29) is 24.8 Å². The number of benzene rings is 2. The maximum atomic E-state index is 5.85. The molecular weight excluding hydrogens is 383 g/mol. The first-order chi connectivity index (χ1) is 12.3. The average molecular weight is 411 g/mol. The van der Waals surface area contributed by atoms with Gasteiger partial charge in [0, 0.05) is 32.7 Å². The smallest absolute Gasteiger partial charge is 0.119 e. The highest BCUT2D eigenvalue weighted by molar-refractivity contribution is 5.28. The summed E-state index contributed by atoms with van der Waals surface area (Å²) in [6.45, 7) is 9.52. The third-order valence-corrected chi connectivity index (χ3v) is 4.49. The first kappa shape index (κ1) is 23.7. The lowest BCUT2D eigenvalue weighted by Gasteiger charge is -2.26. The van der Waals surface area contributed by atoms with Crippen molar-refractivity contribution < 1.29 is 34.3 Å². The van der Waals surface area contributed by atoms with E-state index in [1.807, 2.05) is 12.1 Å². The van der Waals surface area contributed by atoms with Crippen LogP contribution >= 0.6 is 0 Å². The van der Waals surface area contributed by atoms with E-state index < -0.39 is 0 Å². The fraction of sp³-hybridized carbons (Fsp3) is 0.429. The zero-order valence-electron chi connectivity index (χ0n) is 15.8. The molecule has 4 nitrogen and oxygen atoms in total. The minimum Gasteiger partial charge on any atom is -1.00 e. The lowest BCUT2D eigenvalue weighted by atomic mass is 10.2. The van der Waals surface area contributed by atoms with Gasteiger partial charge < -0.3 is 39.6 Å². The number of nitrogens with zero attached hydrogens (tertiary/aromatic N) is 1. The Morgan fingerprint density at radius 3 is 2.22 bits per heavy atom. The van der Waals surface area contributed by atoms with Crippen LogP contribution in [0.3, 0.4) is 0 Å². The molecular formula is C21H28Cl2N2O2-2. The second-order valence-corrected chi connectivity index (χ2v) is 6.55. The van der Waals surface area contributed by atoms with E-state index in [9.17, 15) is 0 Å².